The van der Waals surface area contributed by atoms with Crippen molar-refractivity contribution in [1.29, 1.82) is 0 Å². The molecule has 1 heterocycles. The summed E-state index contributed by atoms with van der Waals surface area (Å²) in [6.07, 6.45) is 0. The zero-order valence-electron chi connectivity index (χ0n) is 38.2. The molecule has 0 bridgehead atoms. The van der Waals surface area contributed by atoms with E-state index in [1.54, 1.807) is 0 Å². The van der Waals surface area contributed by atoms with Gasteiger partial charge >= 0.3 is 0 Å². The van der Waals surface area contributed by atoms with E-state index < -0.39 is 16.1 Å². The number of hydrogen-bond acceptors (Lipinski definition) is 1. The highest BCUT2D eigenvalue weighted by Gasteiger charge is 2.41. The quantitative estimate of drug-likeness (QED) is 0.0928. The molecule has 0 saturated carbocycles. The first-order chi connectivity index (χ1) is 32.9. The Kier molecular flexibility index (Phi) is 11.0. The Labute approximate surface area is 396 Å². The molecule has 0 aliphatic heterocycles. The average molecular weight is 893 g/mol. The lowest BCUT2D eigenvalue weighted by Crippen LogP contribution is -2.74. The molecule has 0 spiro atoms. The highest BCUT2D eigenvalue weighted by Crippen LogP contribution is 2.38. The summed E-state index contributed by atoms with van der Waals surface area (Å²) in [5, 5.41) is 9.46. The molecule has 4 heteroatoms. The number of para-hydroxylation sites is 1. The number of benzene rings is 10. The minimum Gasteiger partial charge on any atom is -0.311 e. The van der Waals surface area contributed by atoms with Gasteiger partial charge < -0.3 is 9.47 Å². The van der Waals surface area contributed by atoms with Gasteiger partial charge in [-0.05, 0) is 104 Å². The Balaban J connectivity index is 1.02. The second kappa shape index (κ2) is 17.6. The second-order valence-electron chi connectivity index (χ2n) is 18.6. The van der Waals surface area contributed by atoms with Crippen LogP contribution in [0.2, 0.25) is 19.6 Å². The van der Waals surface area contributed by atoms with Gasteiger partial charge in [-0.25, -0.2) is 0 Å². The number of rotatable bonds is 11. The van der Waals surface area contributed by atoms with E-state index in [0.717, 1.165) is 22.7 Å². The molecule has 10 aromatic carbocycles. The largest absolute Gasteiger partial charge is 0.311 e. The molecule has 11 aromatic rings. The van der Waals surface area contributed by atoms with Gasteiger partial charge in [0.15, 0.2) is 8.07 Å². The zero-order valence-corrected chi connectivity index (χ0v) is 40.2. The summed E-state index contributed by atoms with van der Waals surface area (Å²) < 4.78 is 2.44. The molecule has 0 N–H and O–H groups in total. The van der Waals surface area contributed by atoms with E-state index in [-0.39, 0.29) is 0 Å². The van der Waals surface area contributed by atoms with E-state index in [9.17, 15) is 0 Å². The maximum atomic E-state index is 2.51. The van der Waals surface area contributed by atoms with Crippen LogP contribution in [-0.2, 0) is 0 Å². The van der Waals surface area contributed by atoms with E-state index in [4.69, 9.17) is 0 Å². The predicted octanol–water partition coefficient (Wildman–Crippen LogP) is 13.5. The molecule has 0 aliphatic rings. The smallest absolute Gasteiger partial charge is 0.179 e. The van der Waals surface area contributed by atoms with Gasteiger partial charge in [0, 0.05) is 33.5 Å². The average Bonchev–Trinajstić information content (AvgIpc) is 3.72. The summed E-state index contributed by atoms with van der Waals surface area (Å²) in [4.78, 5) is 2.37. The molecule has 0 amide bonds. The number of fused-ring (bicyclic) bond motifs is 3. The molecule has 0 atom stereocenters. The minimum absolute atomic E-state index is 1.09. The van der Waals surface area contributed by atoms with Gasteiger partial charge in [-0.15, -0.1) is 0 Å². The molecule has 0 unspecified atom stereocenters. The van der Waals surface area contributed by atoms with Crippen LogP contribution in [0.15, 0.2) is 261 Å². The Bertz CT molecular complexity index is 3340. The molecule has 0 fully saturated rings. The third-order valence-electron chi connectivity index (χ3n) is 13.5. The van der Waals surface area contributed by atoms with Crippen LogP contribution in [0.5, 0.6) is 0 Å². The lowest BCUT2D eigenvalue weighted by molar-refractivity contribution is 1.17. The third-order valence-corrected chi connectivity index (χ3v) is 20.4. The fourth-order valence-electron chi connectivity index (χ4n) is 10.1. The van der Waals surface area contributed by atoms with E-state index in [1.807, 2.05) is 0 Å². The van der Waals surface area contributed by atoms with Crippen LogP contribution in [0, 0.1) is 0 Å². The Morgan fingerprint density at radius 1 is 0.299 bits per heavy atom. The standard InChI is InChI=1S/C63H52N2Si2/c1-66(2,3)55-42-32-50(33-43-55)49-30-36-52(37-31-49)64(51-34-28-48(29-35-51)47-18-8-4-9-19-47)53-38-40-54(41-39-53)65-62-27-17-16-26-60(62)61-46-59(44-45-63(61)65)67(56-20-10-5-11-21-56,57-22-12-6-13-23-57)58-24-14-7-15-25-58/h4-46H,1-3H3. The summed E-state index contributed by atoms with van der Waals surface area (Å²) in [6.45, 7) is 7.21. The fourth-order valence-corrected chi connectivity index (χ4v) is 16.1. The van der Waals surface area contributed by atoms with Crippen molar-refractivity contribution in [2.45, 2.75) is 19.6 Å². The van der Waals surface area contributed by atoms with Crippen LogP contribution in [0.4, 0.5) is 17.1 Å². The van der Waals surface area contributed by atoms with Gasteiger partial charge in [-0.3, -0.25) is 0 Å². The highest BCUT2D eigenvalue weighted by molar-refractivity contribution is 7.20. The second-order valence-corrected chi connectivity index (χ2v) is 27.5. The first kappa shape index (κ1) is 41.9. The van der Waals surface area contributed by atoms with Gasteiger partial charge in [-0.2, -0.15) is 0 Å². The van der Waals surface area contributed by atoms with Crippen LogP contribution in [0.3, 0.4) is 0 Å². The molecule has 67 heavy (non-hydrogen) atoms. The maximum absolute atomic E-state index is 2.73. The molecule has 322 valence electrons. The topological polar surface area (TPSA) is 8.17 Å². The number of hydrogen-bond donors (Lipinski definition) is 0. The van der Waals surface area contributed by atoms with Crippen molar-refractivity contribution in [2.24, 2.45) is 0 Å². The Morgan fingerprint density at radius 2 is 0.672 bits per heavy atom. The monoisotopic (exact) mass is 892 g/mol. The molecule has 2 nitrogen and oxygen atoms in total. The van der Waals surface area contributed by atoms with Crippen LogP contribution in [0.1, 0.15) is 0 Å². The van der Waals surface area contributed by atoms with Gasteiger partial charge in [0.1, 0.15) is 0 Å². The number of aromatic nitrogens is 1. The Morgan fingerprint density at radius 3 is 1.15 bits per heavy atom. The Hall–Kier alpha value is -7.77. The minimum atomic E-state index is -2.73. The summed E-state index contributed by atoms with van der Waals surface area (Å²) in [6, 6.07) is 96.7. The van der Waals surface area contributed by atoms with Crippen molar-refractivity contribution in [1.82, 2.24) is 4.57 Å². The number of nitrogens with zero attached hydrogens (tertiary/aromatic N) is 2. The summed E-state index contributed by atoms with van der Waals surface area (Å²) in [5.74, 6) is 0. The molecule has 0 saturated heterocycles. The van der Waals surface area contributed by atoms with Gasteiger partial charge in [0.25, 0.3) is 0 Å². The first-order valence-corrected chi connectivity index (χ1v) is 28.8. The van der Waals surface area contributed by atoms with Crippen LogP contribution in [0.25, 0.3) is 49.7 Å². The van der Waals surface area contributed by atoms with Crippen molar-refractivity contribution < 1.29 is 0 Å². The summed E-state index contributed by atoms with van der Waals surface area (Å²) in [5.41, 5.74) is 11.7. The SMILES string of the molecule is C[Si](C)(C)c1ccc(-c2ccc(N(c3ccc(-c4ccccc4)cc3)c3ccc(-n4c5ccccc5c5cc([Si](c6ccccc6)(c6ccccc6)c6ccccc6)ccc54)cc3)cc2)cc1. The highest BCUT2D eigenvalue weighted by atomic mass is 28.3. The number of anilines is 3. The normalized spacial score (nSPS) is 11.8. The van der Waals surface area contributed by atoms with Gasteiger partial charge in [0.2, 0.25) is 0 Å². The lowest BCUT2D eigenvalue weighted by Gasteiger charge is -2.34. The van der Waals surface area contributed by atoms with Crippen LogP contribution >= 0.6 is 0 Å². The lowest BCUT2D eigenvalue weighted by atomic mass is 10.0. The van der Waals surface area contributed by atoms with Crippen molar-refractivity contribution >= 4 is 80.9 Å². The van der Waals surface area contributed by atoms with Crippen LogP contribution < -0.4 is 30.8 Å². The van der Waals surface area contributed by atoms with Gasteiger partial charge in [0.05, 0.1) is 19.1 Å². The van der Waals surface area contributed by atoms with Crippen molar-refractivity contribution in [3.63, 3.8) is 0 Å². The summed E-state index contributed by atoms with van der Waals surface area (Å²) >= 11 is 0. The van der Waals surface area contributed by atoms with Crippen LogP contribution in [-0.4, -0.2) is 20.7 Å². The van der Waals surface area contributed by atoms with Crippen molar-refractivity contribution in [3.05, 3.63) is 261 Å². The molecule has 0 radical (unpaired) electrons. The van der Waals surface area contributed by atoms with Crippen molar-refractivity contribution in [2.75, 3.05) is 4.90 Å². The van der Waals surface area contributed by atoms with Gasteiger partial charge in [-0.1, -0.05) is 225 Å². The molecular formula is C63H52N2Si2. The third kappa shape index (κ3) is 7.74. The predicted molar refractivity (Wildman–Crippen MR) is 293 cm³/mol. The molecule has 11 rings (SSSR count). The fraction of sp³-hybridized carbons (Fsp3) is 0.0476. The van der Waals surface area contributed by atoms with E-state index >= 15 is 0 Å². The first-order valence-electron chi connectivity index (χ1n) is 23.3. The van der Waals surface area contributed by atoms with E-state index in [1.165, 1.54) is 70.0 Å². The molecular weight excluding hydrogens is 841 g/mol. The zero-order chi connectivity index (χ0) is 45.4. The maximum Gasteiger partial charge on any atom is 0.179 e. The van der Waals surface area contributed by atoms with E-state index in [2.05, 4.69) is 290 Å². The molecule has 1 aromatic heterocycles. The summed E-state index contributed by atoms with van der Waals surface area (Å²) in [7, 11) is -4.11. The molecule has 0 aliphatic carbocycles. The van der Waals surface area contributed by atoms with Crippen molar-refractivity contribution in [3.8, 4) is 27.9 Å². The van der Waals surface area contributed by atoms with E-state index in [0.29, 0.717) is 0 Å².